The van der Waals surface area contributed by atoms with Crippen molar-refractivity contribution in [2.45, 2.75) is 6.54 Å². The minimum Gasteiger partial charge on any atom is -0.497 e. The molecule has 7 heteroatoms. The zero-order chi connectivity index (χ0) is 16.9. The van der Waals surface area contributed by atoms with Gasteiger partial charge in [0.05, 0.1) is 7.11 Å². The summed E-state index contributed by atoms with van der Waals surface area (Å²) < 4.78 is 23.4. The number of carbonyl (C=O) groups excluding carboxylic acids is 1. The van der Waals surface area contributed by atoms with Gasteiger partial charge < -0.3 is 14.5 Å². The number of ether oxygens (including phenoxy) is 1. The van der Waals surface area contributed by atoms with E-state index < -0.39 is 5.91 Å². The van der Waals surface area contributed by atoms with Gasteiger partial charge in [0.1, 0.15) is 11.6 Å². The lowest BCUT2D eigenvalue weighted by Crippen LogP contribution is -2.23. The topological polar surface area (TPSA) is 77.2 Å². The number of nitrogens with zero attached hydrogens (tertiary/aromatic N) is 2. The minimum absolute atomic E-state index is 0.144. The molecule has 0 atom stereocenters. The molecule has 0 unspecified atom stereocenters. The van der Waals surface area contributed by atoms with Crippen LogP contribution in [0.1, 0.15) is 16.2 Å². The zero-order valence-electron chi connectivity index (χ0n) is 12.8. The monoisotopic (exact) mass is 327 g/mol. The summed E-state index contributed by atoms with van der Waals surface area (Å²) in [6.45, 7) is 0.232. The van der Waals surface area contributed by atoms with Gasteiger partial charge in [-0.3, -0.25) is 4.79 Å². The summed E-state index contributed by atoms with van der Waals surface area (Å²) in [6.07, 6.45) is 0. The standard InChI is InChI=1S/C17H14FN3O3/c1-23-14-4-2-3-12(9-14)16-20-21-17(24-16)15(22)19-10-11-5-7-13(18)8-6-11/h2-9H,10H2,1H3,(H,19,22). The van der Waals surface area contributed by atoms with Crippen LogP contribution in [0.2, 0.25) is 0 Å². The lowest BCUT2D eigenvalue weighted by molar-refractivity contribution is 0.0917. The van der Waals surface area contributed by atoms with Gasteiger partial charge >= 0.3 is 11.8 Å². The fourth-order valence-electron chi connectivity index (χ4n) is 2.05. The average molecular weight is 327 g/mol. The largest absolute Gasteiger partial charge is 0.497 e. The lowest BCUT2D eigenvalue weighted by Gasteiger charge is -2.02. The van der Waals surface area contributed by atoms with Crippen LogP contribution >= 0.6 is 0 Å². The second-order valence-electron chi connectivity index (χ2n) is 4.95. The summed E-state index contributed by atoms with van der Waals surface area (Å²) >= 11 is 0. The van der Waals surface area contributed by atoms with Crippen molar-refractivity contribution in [1.29, 1.82) is 0 Å². The van der Waals surface area contributed by atoms with Gasteiger partial charge in [0.15, 0.2) is 0 Å². The molecule has 0 bridgehead atoms. The molecule has 122 valence electrons. The van der Waals surface area contributed by atoms with Crippen LogP contribution in [0.25, 0.3) is 11.5 Å². The molecule has 2 aromatic carbocycles. The van der Waals surface area contributed by atoms with Gasteiger partial charge in [-0.05, 0) is 35.9 Å². The number of hydrogen-bond acceptors (Lipinski definition) is 5. The molecular formula is C17H14FN3O3. The molecule has 6 nitrogen and oxygen atoms in total. The molecule has 0 saturated carbocycles. The van der Waals surface area contributed by atoms with E-state index in [1.165, 1.54) is 12.1 Å². The van der Waals surface area contributed by atoms with Gasteiger partial charge in [0.25, 0.3) is 0 Å². The van der Waals surface area contributed by atoms with Crippen LogP contribution in [-0.2, 0) is 6.54 Å². The van der Waals surface area contributed by atoms with Crippen LogP contribution in [0.4, 0.5) is 4.39 Å². The lowest BCUT2D eigenvalue weighted by atomic mass is 10.2. The quantitative estimate of drug-likeness (QED) is 0.780. The van der Waals surface area contributed by atoms with E-state index in [0.29, 0.717) is 11.3 Å². The summed E-state index contributed by atoms with van der Waals surface area (Å²) in [6, 6.07) is 12.9. The highest BCUT2D eigenvalue weighted by atomic mass is 19.1. The third-order valence-electron chi connectivity index (χ3n) is 3.30. The highest BCUT2D eigenvalue weighted by Gasteiger charge is 2.16. The summed E-state index contributed by atoms with van der Waals surface area (Å²) in [5.74, 6) is -0.102. The minimum atomic E-state index is -0.499. The number of amides is 1. The maximum atomic E-state index is 12.8. The first-order chi connectivity index (χ1) is 11.7. The Labute approximate surface area is 137 Å². The predicted molar refractivity (Wildman–Crippen MR) is 83.9 cm³/mol. The van der Waals surface area contributed by atoms with Crippen molar-refractivity contribution in [1.82, 2.24) is 15.5 Å². The Kier molecular flexibility index (Phi) is 4.51. The van der Waals surface area contributed by atoms with E-state index in [2.05, 4.69) is 15.5 Å². The fourth-order valence-corrected chi connectivity index (χ4v) is 2.05. The first kappa shape index (κ1) is 15.7. The zero-order valence-corrected chi connectivity index (χ0v) is 12.8. The second kappa shape index (κ2) is 6.91. The number of methoxy groups -OCH3 is 1. The van der Waals surface area contributed by atoms with Crippen LogP contribution in [0.5, 0.6) is 5.75 Å². The smallest absolute Gasteiger partial charge is 0.309 e. The van der Waals surface area contributed by atoms with Gasteiger partial charge in [-0.1, -0.05) is 18.2 Å². The van der Waals surface area contributed by atoms with E-state index >= 15 is 0 Å². The average Bonchev–Trinajstić information content (AvgIpc) is 3.11. The molecule has 1 aromatic heterocycles. The first-order valence-electron chi connectivity index (χ1n) is 7.16. The van der Waals surface area contributed by atoms with Gasteiger partial charge in [-0.25, -0.2) is 4.39 Å². The summed E-state index contributed by atoms with van der Waals surface area (Å²) in [5, 5.41) is 10.3. The van der Waals surface area contributed by atoms with Gasteiger partial charge in [0, 0.05) is 12.1 Å². The van der Waals surface area contributed by atoms with E-state index in [1.54, 1.807) is 43.5 Å². The molecule has 1 amide bonds. The highest BCUT2D eigenvalue weighted by molar-refractivity contribution is 5.89. The Morgan fingerprint density at radius 2 is 2.00 bits per heavy atom. The molecule has 1 heterocycles. The molecule has 1 N–H and O–H groups in total. The second-order valence-corrected chi connectivity index (χ2v) is 4.95. The van der Waals surface area contributed by atoms with Crippen LogP contribution < -0.4 is 10.1 Å². The molecular weight excluding hydrogens is 313 g/mol. The van der Waals surface area contributed by atoms with Crippen LogP contribution in [-0.4, -0.2) is 23.2 Å². The molecule has 0 spiro atoms. The molecule has 0 saturated heterocycles. The number of benzene rings is 2. The van der Waals surface area contributed by atoms with Crippen LogP contribution in [0.3, 0.4) is 0 Å². The Morgan fingerprint density at radius 1 is 1.21 bits per heavy atom. The first-order valence-corrected chi connectivity index (χ1v) is 7.16. The van der Waals surface area contributed by atoms with Gasteiger partial charge in [-0.15, -0.1) is 10.2 Å². The molecule has 3 aromatic rings. The van der Waals surface area contributed by atoms with Crippen molar-refractivity contribution < 1.29 is 18.3 Å². The Hall–Kier alpha value is -3.22. The third-order valence-corrected chi connectivity index (χ3v) is 3.30. The Bertz CT molecular complexity index is 846. The fraction of sp³-hybridized carbons (Fsp3) is 0.118. The van der Waals surface area contributed by atoms with Crippen molar-refractivity contribution in [2.24, 2.45) is 0 Å². The third kappa shape index (κ3) is 3.57. The predicted octanol–water partition coefficient (Wildman–Crippen LogP) is 2.81. The number of halogens is 1. The highest BCUT2D eigenvalue weighted by Crippen LogP contribution is 2.22. The van der Waals surface area contributed by atoms with Gasteiger partial charge in [-0.2, -0.15) is 0 Å². The van der Waals surface area contributed by atoms with Crippen molar-refractivity contribution >= 4 is 5.91 Å². The molecule has 0 fully saturated rings. The van der Waals surface area contributed by atoms with Crippen LogP contribution in [0.15, 0.2) is 52.9 Å². The van der Waals surface area contributed by atoms with Crippen molar-refractivity contribution in [3.63, 3.8) is 0 Å². The summed E-state index contributed by atoms with van der Waals surface area (Å²) in [7, 11) is 1.56. The molecule has 3 rings (SSSR count). The van der Waals surface area contributed by atoms with E-state index in [0.717, 1.165) is 5.56 Å². The summed E-state index contributed by atoms with van der Waals surface area (Å²) in [5.41, 5.74) is 1.41. The van der Waals surface area contributed by atoms with E-state index in [-0.39, 0.29) is 24.1 Å². The Morgan fingerprint density at radius 3 is 2.75 bits per heavy atom. The Balaban J connectivity index is 1.68. The van der Waals surface area contributed by atoms with Crippen molar-refractivity contribution in [2.75, 3.05) is 7.11 Å². The maximum Gasteiger partial charge on any atom is 0.309 e. The molecule has 0 aliphatic heterocycles. The number of aromatic nitrogens is 2. The van der Waals surface area contributed by atoms with Crippen LogP contribution in [0, 0.1) is 5.82 Å². The van der Waals surface area contributed by atoms with Crippen molar-refractivity contribution in [3.8, 4) is 17.2 Å². The van der Waals surface area contributed by atoms with E-state index in [4.69, 9.17) is 9.15 Å². The number of rotatable bonds is 5. The molecule has 0 aliphatic rings. The number of hydrogen-bond donors (Lipinski definition) is 1. The normalized spacial score (nSPS) is 10.4. The van der Waals surface area contributed by atoms with Crippen molar-refractivity contribution in [3.05, 3.63) is 65.8 Å². The van der Waals surface area contributed by atoms with Gasteiger partial charge in [0.2, 0.25) is 5.89 Å². The SMILES string of the molecule is COc1cccc(-c2nnc(C(=O)NCc3ccc(F)cc3)o2)c1. The number of nitrogens with one attached hydrogen (secondary N) is 1. The molecule has 0 radical (unpaired) electrons. The molecule has 0 aliphatic carbocycles. The van der Waals surface area contributed by atoms with E-state index in [1.807, 2.05) is 0 Å². The number of carbonyl (C=O) groups is 1. The summed E-state index contributed by atoms with van der Waals surface area (Å²) in [4.78, 5) is 12.0. The maximum absolute atomic E-state index is 12.8. The molecule has 24 heavy (non-hydrogen) atoms. The van der Waals surface area contributed by atoms with E-state index in [9.17, 15) is 9.18 Å².